The number of carbonyl (C=O) groups excluding carboxylic acids is 1. The molecule has 0 radical (unpaired) electrons. The predicted octanol–water partition coefficient (Wildman–Crippen LogP) is 5.47. The highest BCUT2D eigenvalue weighted by Gasteiger charge is 2.17. The number of benzene rings is 2. The van der Waals surface area contributed by atoms with Crippen molar-refractivity contribution < 1.29 is 4.79 Å². The number of halogens is 1. The van der Waals surface area contributed by atoms with Crippen molar-refractivity contribution in [2.45, 2.75) is 32.7 Å². The first-order chi connectivity index (χ1) is 13.0. The minimum Gasteiger partial charge on any atom is -0.371 e. The molecule has 0 saturated carbocycles. The molecule has 4 heteroatoms. The van der Waals surface area contributed by atoms with Gasteiger partial charge in [-0.25, -0.2) is 0 Å². The molecule has 0 spiro atoms. The summed E-state index contributed by atoms with van der Waals surface area (Å²) in [5.74, 6) is 0.649. The lowest BCUT2D eigenvalue weighted by atomic mass is 9.99. The van der Waals surface area contributed by atoms with E-state index < -0.39 is 0 Å². The van der Waals surface area contributed by atoms with Gasteiger partial charge in [-0.15, -0.1) is 0 Å². The van der Waals surface area contributed by atoms with Gasteiger partial charge in [-0.05, 0) is 67.2 Å². The Kier molecular flexibility index (Phi) is 6.57. The molecule has 1 N–H and O–H groups in total. The second kappa shape index (κ2) is 9.09. The highest BCUT2D eigenvalue weighted by molar-refractivity contribution is 6.30. The van der Waals surface area contributed by atoms with Gasteiger partial charge in [0, 0.05) is 29.9 Å². The molecule has 0 aromatic heterocycles. The average Bonchev–Trinajstić information content (AvgIpc) is 2.67. The van der Waals surface area contributed by atoms with Crippen molar-refractivity contribution in [1.82, 2.24) is 5.32 Å². The zero-order valence-electron chi connectivity index (χ0n) is 16.0. The van der Waals surface area contributed by atoms with Crippen LogP contribution in [0.2, 0.25) is 5.02 Å². The lowest BCUT2D eigenvalue weighted by Crippen LogP contribution is -2.34. The first-order valence-corrected chi connectivity index (χ1v) is 9.98. The number of hydrogen-bond acceptors (Lipinski definition) is 2. The van der Waals surface area contributed by atoms with Crippen molar-refractivity contribution in [3.05, 3.63) is 70.8 Å². The third-order valence-corrected chi connectivity index (χ3v) is 5.32. The van der Waals surface area contributed by atoms with E-state index in [4.69, 9.17) is 11.6 Å². The van der Waals surface area contributed by atoms with Crippen LogP contribution < -0.4 is 10.2 Å². The van der Waals surface area contributed by atoms with Gasteiger partial charge in [0.1, 0.15) is 0 Å². The summed E-state index contributed by atoms with van der Waals surface area (Å²) in [6, 6.07) is 15.9. The van der Waals surface area contributed by atoms with Crippen molar-refractivity contribution in [2.24, 2.45) is 5.92 Å². The fourth-order valence-electron chi connectivity index (χ4n) is 3.49. The second-order valence-electron chi connectivity index (χ2n) is 7.40. The highest BCUT2D eigenvalue weighted by atomic mass is 35.5. The molecule has 2 atom stereocenters. The number of anilines is 1. The van der Waals surface area contributed by atoms with Gasteiger partial charge < -0.3 is 10.2 Å². The van der Waals surface area contributed by atoms with Crippen molar-refractivity contribution in [2.75, 3.05) is 18.0 Å². The summed E-state index contributed by atoms with van der Waals surface area (Å²) in [5.41, 5.74) is 3.32. The van der Waals surface area contributed by atoms with Gasteiger partial charge in [0.05, 0.1) is 6.04 Å². The van der Waals surface area contributed by atoms with Crippen molar-refractivity contribution in [1.29, 1.82) is 0 Å². The maximum Gasteiger partial charge on any atom is 0.244 e. The molecule has 2 aromatic carbocycles. The summed E-state index contributed by atoms with van der Waals surface area (Å²) in [6.45, 7) is 6.58. The summed E-state index contributed by atoms with van der Waals surface area (Å²) >= 11 is 5.87. The molecule has 27 heavy (non-hydrogen) atoms. The molecule has 142 valence electrons. The van der Waals surface area contributed by atoms with Gasteiger partial charge in [-0.1, -0.05) is 42.8 Å². The number of nitrogens with zero attached hydrogens (tertiary/aromatic N) is 1. The van der Waals surface area contributed by atoms with E-state index >= 15 is 0 Å². The molecule has 0 bridgehead atoms. The number of amides is 1. The molecule has 1 aliphatic heterocycles. The van der Waals surface area contributed by atoms with Crippen LogP contribution in [0.15, 0.2) is 54.6 Å². The minimum atomic E-state index is -0.105. The van der Waals surface area contributed by atoms with E-state index in [0.717, 1.165) is 30.1 Å². The lowest BCUT2D eigenvalue weighted by Gasteiger charge is -2.33. The van der Waals surface area contributed by atoms with Crippen molar-refractivity contribution in [3.63, 3.8) is 0 Å². The third kappa shape index (κ3) is 5.61. The highest BCUT2D eigenvalue weighted by Crippen LogP contribution is 2.24. The van der Waals surface area contributed by atoms with Crippen LogP contribution in [0.3, 0.4) is 0 Å². The largest absolute Gasteiger partial charge is 0.371 e. The van der Waals surface area contributed by atoms with Crippen molar-refractivity contribution >= 4 is 29.3 Å². The van der Waals surface area contributed by atoms with Crippen LogP contribution in [0.5, 0.6) is 0 Å². The van der Waals surface area contributed by atoms with E-state index in [1.807, 2.05) is 31.2 Å². The van der Waals surface area contributed by atoms with Crippen molar-refractivity contribution in [3.8, 4) is 0 Å². The molecule has 3 rings (SSSR count). The number of hydrogen-bond donors (Lipinski definition) is 1. The summed E-state index contributed by atoms with van der Waals surface area (Å²) in [4.78, 5) is 14.6. The fourth-order valence-corrected chi connectivity index (χ4v) is 3.61. The normalized spacial score (nSPS) is 18.5. The van der Waals surface area contributed by atoms with E-state index in [1.165, 1.54) is 18.5 Å². The molecule has 2 aromatic rings. The monoisotopic (exact) mass is 382 g/mol. The molecule has 0 aliphatic carbocycles. The minimum absolute atomic E-state index is 0.0401. The van der Waals surface area contributed by atoms with Crippen LogP contribution in [0.4, 0.5) is 5.69 Å². The third-order valence-electron chi connectivity index (χ3n) is 5.07. The van der Waals surface area contributed by atoms with Crippen LogP contribution in [0, 0.1) is 5.92 Å². The van der Waals surface area contributed by atoms with Gasteiger partial charge >= 0.3 is 0 Å². The first-order valence-electron chi connectivity index (χ1n) is 9.60. The Labute approximate surface area is 167 Å². The zero-order valence-corrected chi connectivity index (χ0v) is 16.7. The van der Waals surface area contributed by atoms with Crippen LogP contribution in [0.25, 0.3) is 6.08 Å². The lowest BCUT2D eigenvalue weighted by molar-refractivity contribution is -0.117. The Morgan fingerprint density at radius 2 is 1.89 bits per heavy atom. The SMILES string of the molecule is C[C@H]1CCCN(c2ccc([C@@H](C)NC(=O)/C=C/c3ccc(Cl)cc3)cc2)C1. The first kappa shape index (κ1) is 19.5. The maximum atomic E-state index is 12.2. The smallest absolute Gasteiger partial charge is 0.244 e. The molecule has 1 saturated heterocycles. The molecule has 1 amide bonds. The Balaban J connectivity index is 1.56. The van der Waals surface area contributed by atoms with E-state index in [1.54, 1.807) is 12.2 Å². The van der Waals surface area contributed by atoms with Crippen LogP contribution in [0.1, 0.15) is 43.9 Å². The Bertz CT molecular complexity index is 783. The van der Waals surface area contributed by atoms with Gasteiger partial charge in [-0.2, -0.15) is 0 Å². The maximum absolute atomic E-state index is 12.2. The molecule has 0 unspecified atom stereocenters. The Hall–Kier alpha value is -2.26. The standard InChI is InChI=1S/C23H27ClN2O/c1-17-4-3-15-26(16-17)22-12-8-20(9-13-22)18(2)25-23(27)14-7-19-5-10-21(24)11-6-19/h5-14,17-18H,3-4,15-16H2,1-2H3,(H,25,27)/b14-7+/t17-,18+/m0/s1. The van der Waals surface area contributed by atoms with E-state index in [2.05, 4.69) is 41.4 Å². The second-order valence-corrected chi connectivity index (χ2v) is 7.84. The number of carbonyl (C=O) groups is 1. The zero-order chi connectivity index (χ0) is 19.2. The molecule has 3 nitrogen and oxygen atoms in total. The van der Waals surface area contributed by atoms with Gasteiger partial charge in [0.15, 0.2) is 0 Å². The fraction of sp³-hybridized carbons (Fsp3) is 0.348. The number of piperidine rings is 1. The number of rotatable bonds is 5. The van der Waals surface area contributed by atoms with Gasteiger partial charge in [0.25, 0.3) is 0 Å². The Morgan fingerprint density at radius 1 is 1.19 bits per heavy atom. The van der Waals surface area contributed by atoms with Gasteiger partial charge in [0.2, 0.25) is 5.91 Å². The number of nitrogens with one attached hydrogen (secondary N) is 1. The average molecular weight is 383 g/mol. The predicted molar refractivity (Wildman–Crippen MR) is 114 cm³/mol. The molecule has 1 heterocycles. The molecular weight excluding hydrogens is 356 g/mol. The van der Waals surface area contributed by atoms with E-state index in [0.29, 0.717) is 5.02 Å². The Morgan fingerprint density at radius 3 is 2.56 bits per heavy atom. The van der Waals surface area contributed by atoms with E-state index in [-0.39, 0.29) is 11.9 Å². The summed E-state index contributed by atoms with van der Waals surface area (Å²) in [5, 5.41) is 3.71. The topological polar surface area (TPSA) is 32.3 Å². The van der Waals surface area contributed by atoms with Crippen LogP contribution >= 0.6 is 11.6 Å². The van der Waals surface area contributed by atoms with Gasteiger partial charge in [-0.3, -0.25) is 4.79 Å². The molecule has 1 aliphatic rings. The van der Waals surface area contributed by atoms with Crippen LogP contribution in [-0.4, -0.2) is 19.0 Å². The summed E-state index contributed by atoms with van der Waals surface area (Å²) in [6.07, 6.45) is 5.93. The summed E-state index contributed by atoms with van der Waals surface area (Å²) in [7, 11) is 0. The molecular formula is C23H27ClN2O. The van der Waals surface area contributed by atoms with Crippen LogP contribution in [-0.2, 0) is 4.79 Å². The summed E-state index contributed by atoms with van der Waals surface area (Å²) < 4.78 is 0. The molecule has 1 fully saturated rings. The van der Waals surface area contributed by atoms with E-state index in [9.17, 15) is 4.79 Å². The quantitative estimate of drug-likeness (QED) is 0.695.